The van der Waals surface area contributed by atoms with Gasteiger partial charge in [-0.05, 0) is 95.1 Å². The number of nitrogens with one attached hydrogen (secondary N) is 8. The van der Waals surface area contributed by atoms with E-state index in [0.717, 1.165) is 6.42 Å². The number of nitrogens with zero attached hydrogens (tertiary/aromatic N) is 3. The summed E-state index contributed by atoms with van der Waals surface area (Å²) in [5.74, 6) is -5.95. The Morgan fingerprint density at radius 3 is 2.19 bits per heavy atom. The summed E-state index contributed by atoms with van der Waals surface area (Å²) in [6.45, 7) is 1.47. The molecule has 4 rings (SSSR count). The first-order chi connectivity index (χ1) is 30.2. The van der Waals surface area contributed by atoms with Crippen LogP contribution >= 0.6 is 12.6 Å². The van der Waals surface area contributed by atoms with Crippen molar-refractivity contribution in [3.63, 3.8) is 0 Å². The molecular formula is C39H57N13O10STc. The molecule has 0 aliphatic carbocycles. The number of fused-ring (bicyclic) bond motifs is 1. The number of benzene rings is 1. The van der Waals surface area contributed by atoms with Crippen molar-refractivity contribution in [1.29, 1.82) is 0 Å². The second-order valence-electron chi connectivity index (χ2n) is 15.1. The Morgan fingerprint density at radius 1 is 0.844 bits per heavy atom. The third-order valence-corrected chi connectivity index (χ3v) is 10.6. The summed E-state index contributed by atoms with van der Waals surface area (Å²) >= 11 is 4.21. The van der Waals surface area contributed by atoms with E-state index in [2.05, 4.69) is 70.1 Å². The van der Waals surface area contributed by atoms with Gasteiger partial charge < -0.3 is 58.9 Å². The van der Waals surface area contributed by atoms with Crippen LogP contribution in [0.2, 0.25) is 0 Å². The molecule has 2 unspecified atom stereocenters. The number of aliphatic carboxylic acids is 2. The number of amides is 6. The fourth-order valence-electron chi connectivity index (χ4n) is 6.73. The van der Waals surface area contributed by atoms with Crippen LogP contribution in [-0.4, -0.2) is 150 Å². The van der Waals surface area contributed by atoms with E-state index in [1.54, 1.807) is 12.1 Å². The van der Waals surface area contributed by atoms with Gasteiger partial charge in [-0.3, -0.25) is 44.1 Å². The molecule has 1 aromatic carbocycles. The molecule has 1 saturated heterocycles. The predicted molar refractivity (Wildman–Crippen MR) is 234 cm³/mol. The third-order valence-electron chi connectivity index (χ3n) is 10.3. The minimum atomic E-state index is -1.46. The van der Waals surface area contributed by atoms with Gasteiger partial charge >= 0.3 is 11.9 Å². The molecule has 3 aliphatic rings. The van der Waals surface area contributed by atoms with Crippen LogP contribution in [0.3, 0.4) is 0 Å². The first kappa shape index (κ1) is 52.9. The average Bonchev–Trinajstić information content (AvgIpc) is 3.81. The van der Waals surface area contributed by atoms with Gasteiger partial charge in [-0.1, -0.05) is 0 Å². The fourth-order valence-corrected chi connectivity index (χ4v) is 6.99. The molecule has 6 amide bonds. The largest absolute Gasteiger partial charge is 0.480 e. The molecule has 0 spiro atoms. The Morgan fingerprint density at radius 2 is 1.53 bits per heavy atom. The Hall–Kier alpha value is -5.49. The van der Waals surface area contributed by atoms with E-state index in [4.69, 9.17) is 11.5 Å². The smallest absolute Gasteiger partial charge is 0.326 e. The number of anilines is 1. The van der Waals surface area contributed by atoms with Crippen molar-refractivity contribution >= 4 is 83.6 Å². The van der Waals surface area contributed by atoms with Crippen LogP contribution < -0.4 is 54.0 Å². The van der Waals surface area contributed by atoms with Crippen molar-refractivity contribution < 1.29 is 68.7 Å². The zero-order valence-corrected chi connectivity index (χ0v) is 37.8. The number of carboxylic acid groups (broad SMARTS) is 2. The van der Waals surface area contributed by atoms with Crippen molar-refractivity contribution in [2.45, 2.75) is 107 Å². The predicted octanol–water partition coefficient (Wildman–Crippen LogP) is -2.64. The monoisotopic (exact) mass is 998 g/mol. The molecule has 3 heterocycles. The zero-order chi connectivity index (χ0) is 45.9. The normalized spacial score (nSPS) is 19.3. The van der Waals surface area contributed by atoms with Gasteiger partial charge in [0.25, 0.3) is 11.8 Å². The van der Waals surface area contributed by atoms with Crippen molar-refractivity contribution in [2.24, 2.45) is 26.4 Å². The molecule has 23 nitrogen and oxygen atoms in total. The van der Waals surface area contributed by atoms with Crippen LogP contribution in [-0.2, 0) is 53.7 Å². The molecule has 0 bridgehead atoms. The van der Waals surface area contributed by atoms with Crippen LogP contribution in [0.15, 0.2) is 39.2 Å². The number of guanidine groups is 1. The van der Waals surface area contributed by atoms with Gasteiger partial charge in [0.05, 0.1) is 18.3 Å². The van der Waals surface area contributed by atoms with E-state index in [1.807, 2.05) is 0 Å². The van der Waals surface area contributed by atoms with Crippen LogP contribution in [0.25, 0.3) is 0 Å². The van der Waals surface area contributed by atoms with Gasteiger partial charge in [0.15, 0.2) is 18.2 Å². The number of thiol groups is 1. The van der Waals surface area contributed by atoms with Gasteiger partial charge in [0.1, 0.15) is 24.2 Å². The van der Waals surface area contributed by atoms with Crippen molar-refractivity contribution in [1.82, 2.24) is 37.2 Å². The molecule has 0 saturated carbocycles. The number of carbonyl (C=O) groups is 8. The topological polar surface area (TPSA) is 362 Å². The van der Waals surface area contributed by atoms with Crippen molar-refractivity contribution in [3.8, 4) is 0 Å². The number of unbranched alkanes of at least 4 members (excludes halogenated alkanes) is 2. The van der Waals surface area contributed by atoms with E-state index in [9.17, 15) is 48.6 Å². The van der Waals surface area contributed by atoms with Crippen LogP contribution in [0, 0.1) is 0 Å². The molecule has 1 fully saturated rings. The third kappa shape index (κ3) is 16.9. The molecule has 1 radical (unpaired) electrons. The Labute approximate surface area is 388 Å². The van der Waals surface area contributed by atoms with Gasteiger partial charge in [-0.2, -0.15) is 12.6 Å². The number of carboxylic acids is 2. The molecule has 14 N–H and O–H groups in total. The standard InChI is InChI=1S/C39H57N13O10S.Tc/c40-15-3-1-6-25(48-34(56)24-8-5-17-42-24)35(57)50-28(20-63)33(55)43-16-4-2-7-26(37(59)60)47-29(53)14-13-27(38(61)62)49-32(54)21-9-11-22(12-10-21)44-18-23-19-45-31-30(46-23)36(58)52-39(41)51-31;/h9-12,19,24-28,30-31,42,44,63H,1-8,13-18,20,40H2,(H,43,55)(H,47,53)(H,48,56)(H,49,54)(H,50,57)(H,59,60)(H,61,62)(H3,41,51,52,58);/t24-,25-,26-,27-,28-,30?,31?;/m0./s1/i;1+1. The molecule has 351 valence electrons. The molecule has 64 heavy (non-hydrogen) atoms. The van der Waals surface area contributed by atoms with E-state index in [1.165, 1.54) is 18.3 Å². The zero-order valence-electron chi connectivity index (χ0n) is 35.0. The second kappa shape index (κ2) is 27.0. The van der Waals surface area contributed by atoms with E-state index >= 15 is 0 Å². The molecule has 7 atom stereocenters. The summed E-state index contributed by atoms with van der Waals surface area (Å²) in [6.07, 6.45) is 3.73. The first-order valence-corrected chi connectivity index (χ1v) is 21.4. The molecule has 3 aliphatic heterocycles. The number of rotatable bonds is 26. The van der Waals surface area contributed by atoms with E-state index in [0.29, 0.717) is 56.6 Å². The van der Waals surface area contributed by atoms with E-state index < -0.39 is 84.3 Å². The Bertz CT molecular complexity index is 1920. The average molecular weight is 999 g/mol. The summed E-state index contributed by atoms with van der Waals surface area (Å²) in [5, 5.41) is 40.9. The van der Waals surface area contributed by atoms with Gasteiger partial charge in [-0.15, -0.1) is 0 Å². The second-order valence-corrected chi connectivity index (χ2v) is 15.4. The maximum atomic E-state index is 13.1. The molecule has 0 aromatic heterocycles. The van der Waals surface area contributed by atoms with Gasteiger partial charge in [0.2, 0.25) is 23.6 Å². The number of aliphatic imine (C=N–C) groups is 3. The summed E-state index contributed by atoms with van der Waals surface area (Å²) in [4.78, 5) is 113. The van der Waals surface area contributed by atoms with Crippen molar-refractivity contribution in [3.05, 3.63) is 29.8 Å². The van der Waals surface area contributed by atoms with E-state index in [-0.39, 0.29) is 81.7 Å². The fraction of sp³-hybridized carbons (Fsp3) is 0.564. The first-order valence-electron chi connectivity index (χ1n) is 20.8. The molecule has 25 heteroatoms. The summed E-state index contributed by atoms with van der Waals surface area (Å²) < 4.78 is 0. The molecular weight excluding hydrogens is 941 g/mol. The van der Waals surface area contributed by atoms with Gasteiger partial charge in [0, 0.05) is 56.3 Å². The number of nitrogens with two attached hydrogens (primary N) is 2. The minimum absolute atomic E-state index is 0. The minimum Gasteiger partial charge on any atom is -0.480 e. The Kier molecular flexibility index (Phi) is 22.3. The number of hydrogen-bond acceptors (Lipinski definition) is 16. The number of hydrogen-bond donors (Lipinski definition) is 13. The SMILES string of the molecule is NCCCC[C@H](NC(=O)[C@@H]1CCCN1)C(=O)N[C@@H](CS)C(=O)NCCCC[C@H](NC(=O)CC[C@H](NC(=O)c1ccc(NCC2=NC3C(=O)NC(N)=NC3N=C2)cc1)C(=O)O)C(=O)O.[99Tc]. The number of carbonyl (C=O) groups excluding carboxylic acids is 6. The maximum absolute atomic E-state index is 13.1. The quantitative estimate of drug-likeness (QED) is 0.0334. The summed E-state index contributed by atoms with van der Waals surface area (Å²) in [5.41, 5.74) is 12.4. The van der Waals surface area contributed by atoms with Crippen LogP contribution in [0.5, 0.6) is 0 Å². The summed E-state index contributed by atoms with van der Waals surface area (Å²) in [7, 11) is 0. The Balaban J connectivity index is 0.0000109. The van der Waals surface area contributed by atoms with Crippen LogP contribution in [0.1, 0.15) is 74.6 Å². The van der Waals surface area contributed by atoms with Gasteiger partial charge in [-0.25, -0.2) is 14.6 Å². The van der Waals surface area contributed by atoms with Crippen LogP contribution in [0.4, 0.5) is 5.69 Å². The maximum Gasteiger partial charge on any atom is 0.326 e. The van der Waals surface area contributed by atoms with Crippen molar-refractivity contribution in [2.75, 3.05) is 37.2 Å². The summed E-state index contributed by atoms with van der Waals surface area (Å²) in [6, 6.07) is 0.229. The molecule has 1 aromatic rings.